The molecule has 5 heteroatoms. The fraction of sp³-hybridized carbons (Fsp3) is 0.462. The largest absolute Gasteiger partial charge is 0.326 e. The van der Waals surface area contributed by atoms with Gasteiger partial charge in [-0.2, -0.15) is 4.39 Å². The first-order chi connectivity index (χ1) is 14.9. The van der Waals surface area contributed by atoms with Gasteiger partial charge in [0.15, 0.2) is 0 Å². The van der Waals surface area contributed by atoms with Gasteiger partial charge in [-0.15, -0.1) is 0 Å². The number of hydrogen-bond acceptors (Lipinski definition) is 3. The van der Waals surface area contributed by atoms with E-state index in [-0.39, 0.29) is 23.8 Å². The van der Waals surface area contributed by atoms with Crippen molar-refractivity contribution in [2.75, 3.05) is 11.4 Å². The fourth-order valence-electron chi connectivity index (χ4n) is 3.66. The molecule has 4 atom stereocenters. The van der Waals surface area contributed by atoms with Gasteiger partial charge in [0.25, 0.3) is 0 Å². The number of carbonyl (C=O) groups is 1. The van der Waals surface area contributed by atoms with E-state index in [2.05, 4.69) is 37.6 Å². The second-order valence-electron chi connectivity index (χ2n) is 8.43. The number of unbranched alkanes of at least 4 members (excludes halogenated alkanes) is 1. The molecule has 0 spiro atoms. The summed E-state index contributed by atoms with van der Waals surface area (Å²) in [4.78, 5) is 19.2. The molecular formula is C26H32FN3O. The van der Waals surface area contributed by atoms with Crippen molar-refractivity contribution in [3.8, 4) is 11.8 Å². The van der Waals surface area contributed by atoms with E-state index in [4.69, 9.17) is 5.73 Å². The highest BCUT2D eigenvalue weighted by Crippen LogP contribution is 2.48. The second kappa shape index (κ2) is 10.5. The Morgan fingerprint density at radius 2 is 2.00 bits per heavy atom. The number of pyridine rings is 1. The maximum Gasteiger partial charge on any atom is 0.230 e. The van der Waals surface area contributed by atoms with Crippen molar-refractivity contribution in [3.05, 3.63) is 59.7 Å². The number of benzene rings is 1. The Kier molecular flexibility index (Phi) is 7.81. The van der Waals surface area contributed by atoms with Gasteiger partial charge in [0.1, 0.15) is 0 Å². The molecule has 0 bridgehead atoms. The number of rotatable bonds is 8. The molecule has 0 aliphatic heterocycles. The number of nitrogens with zero attached hydrogens (tertiary/aromatic N) is 2. The topological polar surface area (TPSA) is 59.2 Å². The molecule has 1 aromatic heterocycles. The minimum atomic E-state index is -0.508. The molecule has 31 heavy (non-hydrogen) atoms. The Morgan fingerprint density at radius 3 is 2.65 bits per heavy atom. The van der Waals surface area contributed by atoms with Gasteiger partial charge in [-0.05, 0) is 55.2 Å². The van der Waals surface area contributed by atoms with Crippen LogP contribution in [0.3, 0.4) is 0 Å². The first-order valence-electron chi connectivity index (χ1n) is 11.2. The molecule has 4 nitrogen and oxygen atoms in total. The van der Waals surface area contributed by atoms with Crippen LogP contribution < -0.4 is 10.6 Å². The van der Waals surface area contributed by atoms with E-state index < -0.39 is 5.95 Å². The Morgan fingerprint density at radius 1 is 1.26 bits per heavy atom. The highest BCUT2D eigenvalue weighted by Gasteiger charge is 2.47. The standard InChI is InChI=1S/C26H32FN3O/c1-4-6-7-9-19-12-14-20(15-13-19)30(17-23(28)18(3)5-2)26(31)22-16-21(22)24-10-8-11-25(27)29-24/h8,10-15,18,21-23H,4-6,16-17,28H2,1-3H3/t18-,21+,22+,23+/m0/s1. The summed E-state index contributed by atoms with van der Waals surface area (Å²) in [5, 5.41) is 0. The van der Waals surface area contributed by atoms with Gasteiger partial charge < -0.3 is 10.6 Å². The Balaban J connectivity index is 1.80. The predicted octanol–water partition coefficient (Wildman–Crippen LogP) is 4.88. The van der Waals surface area contributed by atoms with Gasteiger partial charge >= 0.3 is 0 Å². The molecule has 1 amide bonds. The van der Waals surface area contributed by atoms with E-state index in [9.17, 15) is 9.18 Å². The molecule has 1 aliphatic rings. The Hall–Kier alpha value is -2.71. The first-order valence-corrected chi connectivity index (χ1v) is 11.2. The number of anilines is 1. The molecule has 0 unspecified atom stereocenters. The summed E-state index contributed by atoms with van der Waals surface area (Å²) in [5.41, 5.74) is 8.82. The van der Waals surface area contributed by atoms with Gasteiger partial charge in [0.2, 0.25) is 11.9 Å². The van der Waals surface area contributed by atoms with Gasteiger partial charge in [-0.25, -0.2) is 4.98 Å². The fourth-order valence-corrected chi connectivity index (χ4v) is 3.66. The number of carbonyl (C=O) groups excluding carboxylic acids is 1. The summed E-state index contributed by atoms with van der Waals surface area (Å²) >= 11 is 0. The van der Waals surface area contributed by atoms with E-state index in [1.165, 1.54) is 6.07 Å². The molecular weight excluding hydrogens is 389 g/mol. The molecule has 1 fully saturated rings. The Bertz CT molecular complexity index is 947. The quantitative estimate of drug-likeness (QED) is 0.488. The SMILES string of the molecule is CCCC#Cc1ccc(N(C[C@@H](N)[C@@H](C)CC)C(=O)[C@@H]2C[C@H]2c2cccc(F)n2)cc1. The van der Waals surface area contributed by atoms with Crippen LogP contribution >= 0.6 is 0 Å². The van der Waals surface area contributed by atoms with E-state index in [0.29, 0.717) is 24.6 Å². The smallest absolute Gasteiger partial charge is 0.230 e. The summed E-state index contributed by atoms with van der Waals surface area (Å²) < 4.78 is 13.5. The van der Waals surface area contributed by atoms with Crippen molar-refractivity contribution in [2.24, 2.45) is 17.6 Å². The molecule has 164 valence electrons. The van der Waals surface area contributed by atoms with Crippen molar-refractivity contribution in [1.29, 1.82) is 0 Å². The molecule has 0 radical (unpaired) electrons. The second-order valence-corrected chi connectivity index (χ2v) is 8.43. The van der Waals surface area contributed by atoms with Crippen molar-refractivity contribution >= 4 is 11.6 Å². The minimum Gasteiger partial charge on any atom is -0.326 e. The third-order valence-electron chi connectivity index (χ3n) is 6.05. The van der Waals surface area contributed by atoms with Crippen LogP contribution in [0, 0.1) is 29.6 Å². The zero-order valence-corrected chi connectivity index (χ0v) is 18.6. The van der Waals surface area contributed by atoms with Crippen LogP contribution in [0.1, 0.15) is 63.6 Å². The van der Waals surface area contributed by atoms with Crippen LogP contribution in [0.25, 0.3) is 0 Å². The van der Waals surface area contributed by atoms with Crippen LogP contribution in [0.15, 0.2) is 42.5 Å². The van der Waals surface area contributed by atoms with E-state index >= 15 is 0 Å². The molecule has 0 saturated heterocycles. The van der Waals surface area contributed by atoms with Crippen LogP contribution in [-0.2, 0) is 4.79 Å². The van der Waals surface area contributed by atoms with E-state index in [1.807, 2.05) is 24.3 Å². The average Bonchev–Trinajstić information content (AvgIpc) is 3.58. The molecule has 2 aromatic rings. The summed E-state index contributed by atoms with van der Waals surface area (Å²) in [6.07, 6.45) is 3.54. The zero-order valence-electron chi connectivity index (χ0n) is 18.6. The normalized spacial score (nSPS) is 19.1. The van der Waals surface area contributed by atoms with Crippen LogP contribution in [0.4, 0.5) is 10.1 Å². The molecule has 3 rings (SSSR count). The third kappa shape index (κ3) is 5.92. The van der Waals surface area contributed by atoms with Crippen molar-refractivity contribution < 1.29 is 9.18 Å². The lowest BCUT2D eigenvalue weighted by atomic mass is 9.99. The monoisotopic (exact) mass is 421 g/mol. The maximum atomic E-state index is 13.5. The first kappa shape index (κ1) is 23.0. The molecule has 1 heterocycles. The third-order valence-corrected chi connectivity index (χ3v) is 6.05. The van der Waals surface area contributed by atoms with Gasteiger partial charge in [-0.3, -0.25) is 4.79 Å². The number of aromatic nitrogens is 1. The van der Waals surface area contributed by atoms with E-state index in [1.54, 1.807) is 17.0 Å². The molecule has 1 saturated carbocycles. The van der Waals surface area contributed by atoms with Crippen molar-refractivity contribution in [1.82, 2.24) is 4.98 Å². The van der Waals surface area contributed by atoms with Crippen molar-refractivity contribution in [2.45, 2.75) is 58.4 Å². The minimum absolute atomic E-state index is 0.0274. The summed E-state index contributed by atoms with van der Waals surface area (Å²) in [6.45, 7) is 6.77. The van der Waals surface area contributed by atoms with Crippen molar-refractivity contribution in [3.63, 3.8) is 0 Å². The van der Waals surface area contributed by atoms with Crippen LogP contribution in [0.5, 0.6) is 0 Å². The maximum absolute atomic E-state index is 13.5. The lowest BCUT2D eigenvalue weighted by Gasteiger charge is -2.29. The molecule has 1 aliphatic carbocycles. The van der Waals surface area contributed by atoms with E-state index in [0.717, 1.165) is 30.5 Å². The van der Waals surface area contributed by atoms with Gasteiger partial charge in [-0.1, -0.05) is 45.1 Å². The van der Waals surface area contributed by atoms with Crippen LogP contribution in [0.2, 0.25) is 0 Å². The molecule has 2 N–H and O–H groups in total. The number of hydrogen-bond donors (Lipinski definition) is 1. The predicted molar refractivity (Wildman–Crippen MR) is 123 cm³/mol. The highest BCUT2D eigenvalue weighted by atomic mass is 19.1. The molecule has 1 aromatic carbocycles. The average molecular weight is 422 g/mol. The highest BCUT2D eigenvalue weighted by molar-refractivity contribution is 5.97. The van der Waals surface area contributed by atoms with Gasteiger partial charge in [0.05, 0.1) is 0 Å². The van der Waals surface area contributed by atoms with Crippen LogP contribution in [-0.4, -0.2) is 23.5 Å². The lowest BCUT2D eigenvalue weighted by Crippen LogP contribution is -2.45. The summed E-state index contributed by atoms with van der Waals surface area (Å²) in [5.74, 6) is 5.89. The zero-order chi connectivity index (χ0) is 22.4. The number of nitrogens with two attached hydrogens (primary N) is 1. The summed E-state index contributed by atoms with van der Waals surface area (Å²) in [6, 6.07) is 12.4. The summed E-state index contributed by atoms with van der Waals surface area (Å²) in [7, 11) is 0. The lowest BCUT2D eigenvalue weighted by molar-refractivity contribution is -0.120. The Labute approximate surface area is 185 Å². The number of amides is 1. The number of halogens is 1. The van der Waals surface area contributed by atoms with Gasteiger partial charge in [0, 0.05) is 47.8 Å².